The zero-order valence-electron chi connectivity index (χ0n) is 8.98. The molecule has 0 atom stereocenters. The Balaban J connectivity index is 2.56. The Morgan fingerprint density at radius 1 is 1.11 bits per heavy atom. The number of benzene rings is 1. The number of para-hydroxylation sites is 2. The summed E-state index contributed by atoms with van der Waals surface area (Å²) in [4.78, 5) is 11.6. The number of hydrogen-bond donors (Lipinski definition) is 1. The van der Waals surface area contributed by atoms with Crippen molar-refractivity contribution < 1.29 is 18.3 Å². The Morgan fingerprint density at radius 2 is 1.78 bits per heavy atom. The summed E-state index contributed by atoms with van der Waals surface area (Å²) in [7, 11) is 0. The average molecular weight is 255 g/mol. The first-order valence-corrected chi connectivity index (χ1v) is 4.98. The average Bonchev–Trinajstić information content (AvgIpc) is 2.29. The van der Waals surface area contributed by atoms with E-state index in [4.69, 9.17) is 0 Å². The number of phenols is 1. The molecule has 0 aliphatic heterocycles. The van der Waals surface area contributed by atoms with Gasteiger partial charge in [-0.05, 0) is 18.2 Å². The molecule has 1 heterocycles. The maximum atomic E-state index is 12.4. The quantitative estimate of drug-likeness (QED) is 0.850. The van der Waals surface area contributed by atoms with Crippen LogP contribution in [0.1, 0.15) is 5.56 Å². The highest BCUT2D eigenvalue weighted by atomic mass is 19.4. The van der Waals surface area contributed by atoms with Crippen molar-refractivity contribution in [3.63, 3.8) is 0 Å². The maximum Gasteiger partial charge on any atom is 0.416 e. The summed E-state index contributed by atoms with van der Waals surface area (Å²) in [6.45, 7) is 0. The number of rotatable bonds is 1. The summed E-state index contributed by atoms with van der Waals surface area (Å²) < 4.78 is 38.1. The van der Waals surface area contributed by atoms with Crippen LogP contribution in [0, 0.1) is 0 Å². The van der Waals surface area contributed by atoms with Crippen molar-refractivity contribution in [2.24, 2.45) is 0 Å². The van der Waals surface area contributed by atoms with E-state index in [2.05, 4.69) is 0 Å². The second-order valence-corrected chi connectivity index (χ2v) is 3.61. The summed E-state index contributed by atoms with van der Waals surface area (Å²) in [5, 5.41) is 9.54. The van der Waals surface area contributed by atoms with Gasteiger partial charge in [-0.2, -0.15) is 13.2 Å². The highest BCUT2D eigenvalue weighted by molar-refractivity contribution is 5.45. The van der Waals surface area contributed by atoms with Gasteiger partial charge in [-0.3, -0.25) is 9.36 Å². The Bertz CT molecular complexity index is 632. The summed E-state index contributed by atoms with van der Waals surface area (Å²) >= 11 is 0. The van der Waals surface area contributed by atoms with Crippen molar-refractivity contribution in [1.29, 1.82) is 0 Å². The first-order chi connectivity index (χ1) is 8.39. The van der Waals surface area contributed by atoms with Crippen LogP contribution in [-0.2, 0) is 6.18 Å². The number of aromatic hydroxyl groups is 1. The molecule has 0 fully saturated rings. The van der Waals surface area contributed by atoms with E-state index in [1.54, 1.807) is 12.1 Å². The smallest absolute Gasteiger partial charge is 0.416 e. The molecule has 0 spiro atoms. The van der Waals surface area contributed by atoms with Gasteiger partial charge in [0.1, 0.15) is 5.75 Å². The number of hydrogen-bond acceptors (Lipinski definition) is 2. The summed E-state index contributed by atoms with van der Waals surface area (Å²) in [6.07, 6.45) is -3.57. The van der Waals surface area contributed by atoms with Crippen molar-refractivity contribution in [1.82, 2.24) is 4.57 Å². The van der Waals surface area contributed by atoms with Gasteiger partial charge in [-0.15, -0.1) is 0 Å². The van der Waals surface area contributed by atoms with E-state index in [9.17, 15) is 23.1 Å². The normalized spacial score (nSPS) is 11.5. The van der Waals surface area contributed by atoms with Crippen LogP contribution in [0.15, 0.2) is 47.4 Å². The predicted molar refractivity (Wildman–Crippen MR) is 58.7 cm³/mol. The molecule has 1 aromatic carbocycles. The lowest BCUT2D eigenvalue weighted by Gasteiger charge is -2.10. The molecule has 18 heavy (non-hydrogen) atoms. The lowest BCUT2D eigenvalue weighted by molar-refractivity contribution is -0.137. The van der Waals surface area contributed by atoms with Crippen molar-refractivity contribution in [3.8, 4) is 11.4 Å². The molecule has 0 amide bonds. The van der Waals surface area contributed by atoms with Crippen LogP contribution in [0.4, 0.5) is 13.2 Å². The van der Waals surface area contributed by atoms with Gasteiger partial charge in [0, 0.05) is 12.3 Å². The van der Waals surface area contributed by atoms with Crippen LogP contribution in [0.25, 0.3) is 5.69 Å². The number of pyridine rings is 1. The van der Waals surface area contributed by atoms with E-state index in [0.29, 0.717) is 6.07 Å². The fourth-order valence-electron chi connectivity index (χ4n) is 1.52. The number of alkyl halides is 3. The lowest BCUT2D eigenvalue weighted by atomic mass is 10.2. The molecule has 2 aromatic rings. The van der Waals surface area contributed by atoms with E-state index < -0.39 is 17.3 Å². The Kier molecular flexibility index (Phi) is 2.86. The van der Waals surface area contributed by atoms with E-state index in [-0.39, 0.29) is 11.4 Å². The third kappa shape index (κ3) is 2.22. The van der Waals surface area contributed by atoms with Gasteiger partial charge in [0.25, 0.3) is 5.56 Å². The van der Waals surface area contributed by atoms with Crippen LogP contribution >= 0.6 is 0 Å². The van der Waals surface area contributed by atoms with Gasteiger partial charge >= 0.3 is 6.18 Å². The van der Waals surface area contributed by atoms with Gasteiger partial charge in [0.05, 0.1) is 11.3 Å². The van der Waals surface area contributed by atoms with Crippen LogP contribution in [-0.4, -0.2) is 9.67 Å². The van der Waals surface area contributed by atoms with Gasteiger partial charge in [-0.1, -0.05) is 12.1 Å². The Morgan fingerprint density at radius 3 is 2.33 bits per heavy atom. The van der Waals surface area contributed by atoms with E-state index in [1.165, 1.54) is 12.1 Å². The van der Waals surface area contributed by atoms with Crippen molar-refractivity contribution >= 4 is 0 Å². The molecule has 0 aliphatic rings. The third-order valence-corrected chi connectivity index (χ3v) is 2.39. The fraction of sp³-hybridized carbons (Fsp3) is 0.0833. The number of phenolic OH excluding ortho intramolecular Hbond substituents is 1. The highest BCUT2D eigenvalue weighted by Crippen LogP contribution is 2.28. The summed E-state index contributed by atoms with van der Waals surface area (Å²) in [6, 6.07) is 7.18. The maximum absolute atomic E-state index is 12.4. The predicted octanol–water partition coefficient (Wildman–Crippen LogP) is 2.56. The van der Waals surface area contributed by atoms with Crippen molar-refractivity contribution in [2.75, 3.05) is 0 Å². The standard InChI is InChI=1S/C12H8F3NO2/c13-12(14,15)8-5-6-16(11(18)7-8)9-3-1-2-4-10(9)17/h1-7,17H. The Hall–Kier alpha value is -2.24. The van der Waals surface area contributed by atoms with Crippen LogP contribution in [0.2, 0.25) is 0 Å². The molecular weight excluding hydrogens is 247 g/mol. The minimum Gasteiger partial charge on any atom is -0.506 e. The minimum atomic E-state index is -4.56. The second kappa shape index (κ2) is 4.21. The summed E-state index contributed by atoms with van der Waals surface area (Å²) in [5.41, 5.74) is -1.73. The fourth-order valence-corrected chi connectivity index (χ4v) is 1.52. The number of nitrogens with zero attached hydrogens (tertiary/aromatic N) is 1. The molecule has 1 N–H and O–H groups in total. The zero-order chi connectivity index (χ0) is 13.3. The van der Waals surface area contributed by atoms with E-state index >= 15 is 0 Å². The molecule has 0 bridgehead atoms. The monoisotopic (exact) mass is 255 g/mol. The van der Waals surface area contributed by atoms with E-state index in [0.717, 1.165) is 16.8 Å². The van der Waals surface area contributed by atoms with Crippen molar-refractivity contribution in [2.45, 2.75) is 6.18 Å². The zero-order valence-corrected chi connectivity index (χ0v) is 8.98. The van der Waals surface area contributed by atoms with Crippen LogP contribution in [0.5, 0.6) is 5.75 Å². The highest BCUT2D eigenvalue weighted by Gasteiger charge is 2.31. The SMILES string of the molecule is O=c1cc(C(F)(F)F)ccn1-c1ccccc1O. The van der Waals surface area contributed by atoms with Gasteiger partial charge < -0.3 is 5.11 Å². The van der Waals surface area contributed by atoms with Gasteiger partial charge in [0.2, 0.25) is 0 Å². The number of aromatic nitrogens is 1. The Labute approximate surface area is 99.7 Å². The molecule has 94 valence electrons. The van der Waals surface area contributed by atoms with Gasteiger partial charge in [0.15, 0.2) is 0 Å². The molecule has 0 saturated carbocycles. The molecule has 0 radical (unpaired) electrons. The largest absolute Gasteiger partial charge is 0.506 e. The third-order valence-electron chi connectivity index (χ3n) is 2.39. The molecule has 2 rings (SSSR count). The van der Waals surface area contributed by atoms with Gasteiger partial charge in [-0.25, -0.2) is 0 Å². The first kappa shape index (κ1) is 12.2. The molecule has 0 unspecified atom stereocenters. The first-order valence-electron chi connectivity index (χ1n) is 4.98. The van der Waals surface area contributed by atoms with Crippen LogP contribution in [0.3, 0.4) is 0 Å². The molecule has 0 aliphatic carbocycles. The molecular formula is C12H8F3NO2. The summed E-state index contributed by atoms with van der Waals surface area (Å²) in [5.74, 6) is -0.181. The van der Waals surface area contributed by atoms with Crippen molar-refractivity contribution in [3.05, 3.63) is 58.5 Å². The molecule has 0 saturated heterocycles. The topological polar surface area (TPSA) is 42.2 Å². The van der Waals surface area contributed by atoms with Crippen LogP contribution < -0.4 is 5.56 Å². The second-order valence-electron chi connectivity index (χ2n) is 3.61. The minimum absolute atomic E-state index is 0.135. The molecule has 1 aromatic heterocycles. The van der Waals surface area contributed by atoms with E-state index in [1.807, 2.05) is 0 Å². The number of halogens is 3. The lowest BCUT2D eigenvalue weighted by Crippen LogP contribution is -2.20. The molecule has 6 heteroatoms. The molecule has 3 nitrogen and oxygen atoms in total.